The standard InChI is InChI=1S/C8H12Br2O/c1-6(9)3-8(5-11)4-7(2)10/h8,11H,1-5H2. The number of hydrogen-bond donors (Lipinski definition) is 1. The average molecular weight is 284 g/mol. The second kappa shape index (κ2) is 5.98. The topological polar surface area (TPSA) is 20.2 Å². The van der Waals surface area contributed by atoms with Crippen LogP contribution in [0.25, 0.3) is 0 Å². The fraction of sp³-hybridized carbons (Fsp3) is 0.500. The van der Waals surface area contributed by atoms with Crippen LogP contribution in [0.1, 0.15) is 12.8 Å². The fourth-order valence-electron chi connectivity index (χ4n) is 0.828. The van der Waals surface area contributed by atoms with Crippen molar-refractivity contribution in [3.63, 3.8) is 0 Å². The molecule has 0 aromatic carbocycles. The van der Waals surface area contributed by atoms with Gasteiger partial charge in [-0.1, -0.05) is 45.0 Å². The summed E-state index contributed by atoms with van der Waals surface area (Å²) in [6.45, 7) is 7.60. The number of aliphatic hydroxyl groups is 1. The smallest absolute Gasteiger partial charge is 0.0465 e. The van der Waals surface area contributed by atoms with Crippen molar-refractivity contribution in [2.45, 2.75) is 12.8 Å². The third-order valence-corrected chi connectivity index (χ3v) is 1.93. The molecule has 0 rings (SSSR count). The van der Waals surface area contributed by atoms with Gasteiger partial charge in [0.15, 0.2) is 0 Å². The summed E-state index contributed by atoms with van der Waals surface area (Å²) in [5.74, 6) is 0.230. The van der Waals surface area contributed by atoms with Gasteiger partial charge < -0.3 is 5.11 Å². The molecule has 1 N–H and O–H groups in total. The second-order valence-electron chi connectivity index (χ2n) is 2.49. The molecule has 0 bridgehead atoms. The molecule has 0 aliphatic heterocycles. The zero-order valence-corrected chi connectivity index (χ0v) is 9.49. The lowest BCUT2D eigenvalue weighted by Gasteiger charge is -2.11. The van der Waals surface area contributed by atoms with Gasteiger partial charge in [0.1, 0.15) is 0 Å². The van der Waals surface area contributed by atoms with Crippen molar-refractivity contribution in [1.82, 2.24) is 0 Å². The van der Waals surface area contributed by atoms with E-state index in [4.69, 9.17) is 5.11 Å². The van der Waals surface area contributed by atoms with Crippen LogP contribution in [-0.2, 0) is 0 Å². The van der Waals surface area contributed by atoms with Crippen molar-refractivity contribution in [3.05, 3.63) is 22.1 Å². The van der Waals surface area contributed by atoms with Crippen LogP contribution in [0.5, 0.6) is 0 Å². The lowest BCUT2D eigenvalue weighted by molar-refractivity contribution is 0.228. The maximum Gasteiger partial charge on any atom is 0.0465 e. The average Bonchev–Trinajstić information content (AvgIpc) is 1.84. The Morgan fingerprint density at radius 1 is 1.18 bits per heavy atom. The highest BCUT2D eigenvalue weighted by atomic mass is 79.9. The molecule has 0 heterocycles. The quantitative estimate of drug-likeness (QED) is 0.822. The maximum atomic E-state index is 8.90. The van der Waals surface area contributed by atoms with E-state index in [1.807, 2.05) is 0 Å². The van der Waals surface area contributed by atoms with Crippen molar-refractivity contribution >= 4 is 31.9 Å². The SMILES string of the molecule is C=C(Br)CC(CO)CC(=C)Br. The van der Waals surface area contributed by atoms with Gasteiger partial charge >= 0.3 is 0 Å². The van der Waals surface area contributed by atoms with Crippen LogP contribution in [-0.4, -0.2) is 11.7 Å². The number of rotatable bonds is 5. The Morgan fingerprint density at radius 2 is 1.55 bits per heavy atom. The minimum Gasteiger partial charge on any atom is -0.396 e. The number of aliphatic hydroxyl groups excluding tert-OH is 1. The van der Waals surface area contributed by atoms with Crippen LogP contribution in [0.2, 0.25) is 0 Å². The Morgan fingerprint density at radius 3 is 1.73 bits per heavy atom. The third-order valence-electron chi connectivity index (χ3n) is 1.28. The Labute approximate surface area is 84.4 Å². The highest BCUT2D eigenvalue weighted by molar-refractivity contribution is 9.12. The molecule has 0 aromatic rings. The van der Waals surface area contributed by atoms with Gasteiger partial charge in [-0.25, -0.2) is 0 Å². The first-order chi connectivity index (χ1) is 5.06. The molecule has 0 aliphatic carbocycles. The molecule has 0 fully saturated rings. The molecule has 64 valence electrons. The van der Waals surface area contributed by atoms with E-state index >= 15 is 0 Å². The van der Waals surface area contributed by atoms with Crippen LogP contribution in [0, 0.1) is 5.92 Å². The van der Waals surface area contributed by atoms with Gasteiger partial charge in [0.25, 0.3) is 0 Å². The third kappa shape index (κ3) is 6.78. The lowest BCUT2D eigenvalue weighted by atomic mass is 10.0. The van der Waals surface area contributed by atoms with E-state index in [2.05, 4.69) is 45.0 Å². The second-order valence-corrected chi connectivity index (χ2v) is 4.73. The van der Waals surface area contributed by atoms with Gasteiger partial charge in [0, 0.05) is 6.61 Å². The Bertz CT molecular complexity index is 138. The van der Waals surface area contributed by atoms with Crippen molar-refractivity contribution in [1.29, 1.82) is 0 Å². The van der Waals surface area contributed by atoms with Gasteiger partial charge in [0.2, 0.25) is 0 Å². The monoisotopic (exact) mass is 282 g/mol. The lowest BCUT2D eigenvalue weighted by Crippen LogP contribution is -2.05. The predicted octanol–water partition coefficient (Wildman–Crippen LogP) is 3.19. The van der Waals surface area contributed by atoms with Crippen molar-refractivity contribution in [3.8, 4) is 0 Å². The van der Waals surface area contributed by atoms with Gasteiger partial charge in [-0.05, 0) is 27.7 Å². The van der Waals surface area contributed by atoms with E-state index in [1.54, 1.807) is 0 Å². The Hall–Kier alpha value is 0.400. The molecule has 0 saturated heterocycles. The maximum absolute atomic E-state index is 8.90. The van der Waals surface area contributed by atoms with E-state index in [0.29, 0.717) is 0 Å². The van der Waals surface area contributed by atoms with Crippen LogP contribution in [0.3, 0.4) is 0 Å². The molecular weight excluding hydrogens is 272 g/mol. The molecule has 0 aliphatic rings. The van der Waals surface area contributed by atoms with Gasteiger partial charge in [-0.2, -0.15) is 0 Å². The number of halogens is 2. The van der Waals surface area contributed by atoms with E-state index < -0.39 is 0 Å². The van der Waals surface area contributed by atoms with Crippen molar-refractivity contribution in [2.24, 2.45) is 5.92 Å². The summed E-state index contributed by atoms with van der Waals surface area (Å²) in [5.41, 5.74) is 0. The van der Waals surface area contributed by atoms with Crippen molar-refractivity contribution in [2.75, 3.05) is 6.61 Å². The van der Waals surface area contributed by atoms with Crippen LogP contribution in [0.4, 0.5) is 0 Å². The van der Waals surface area contributed by atoms with E-state index in [-0.39, 0.29) is 12.5 Å². The highest BCUT2D eigenvalue weighted by Crippen LogP contribution is 2.22. The molecule has 3 heteroatoms. The summed E-state index contributed by atoms with van der Waals surface area (Å²) >= 11 is 6.51. The van der Waals surface area contributed by atoms with Crippen LogP contribution in [0.15, 0.2) is 22.1 Å². The molecule has 0 saturated carbocycles. The zero-order valence-electron chi connectivity index (χ0n) is 6.32. The van der Waals surface area contributed by atoms with Crippen molar-refractivity contribution < 1.29 is 5.11 Å². The van der Waals surface area contributed by atoms with E-state index in [0.717, 1.165) is 21.8 Å². The first kappa shape index (κ1) is 11.4. The van der Waals surface area contributed by atoms with Gasteiger partial charge in [0.05, 0.1) is 0 Å². The molecule has 1 nitrogen and oxygen atoms in total. The minimum absolute atomic E-state index is 0.176. The largest absolute Gasteiger partial charge is 0.396 e. The molecule has 0 aromatic heterocycles. The summed E-state index contributed by atoms with van der Waals surface area (Å²) in [6, 6.07) is 0. The Kier molecular flexibility index (Phi) is 6.19. The normalized spacial score (nSPS) is 10.2. The molecule has 0 radical (unpaired) electrons. The summed E-state index contributed by atoms with van der Waals surface area (Å²) in [5, 5.41) is 8.90. The summed E-state index contributed by atoms with van der Waals surface area (Å²) in [7, 11) is 0. The van der Waals surface area contributed by atoms with E-state index in [1.165, 1.54) is 0 Å². The molecule has 11 heavy (non-hydrogen) atoms. The minimum atomic E-state index is 0.176. The van der Waals surface area contributed by atoms with Crippen LogP contribution >= 0.6 is 31.9 Å². The first-order valence-corrected chi connectivity index (χ1v) is 4.92. The van der Waals surface area contributed by atoms with E-state index in [9.17, 15) is 0 Å². The van der Waals surface area contributed by atoms with Crippen LogP contribution < -0.4 is 0 Å². The molecular formula is C8H12Br2O. The molecule has 0 spiro atoms. The molecule has 0 atom stereocenters. The molecule has 0 unspecified atom stereocenters. The summed E-state index contributed by atoms with van der Waals surface area (Å²) in [6.07, 6.45) is 1.59. The number of hydrogen-bond acceptors (Lipinski definition) is 1. The summed E-state index contributed by atoms with van der Waals surface area (Å²) < 4.78 is 1.84. The van der Waals surface area contributed by atoms with Gasteiger partial charge in [-0.3, -0.25) is 0 Å². The number of allylic oxidation sites excluding steroid dienone is 2. The molecule has 0 amide bonds. The Balaban J connectivity index is 3.76. The fourth-order valence-corrected chi connectivity index (χ4v) is 1.74. The zero-order chi connectivity index (χ0) is 8.85. The first-order valence-electron chi connectivity index (χ1n) is 3.33. The summed E-state index contributed by atoms with van der Waals surface area (Å²) in [4.78, 5) is 0. The highest BCUT2D eigenvalue weighted by Gasteiger charge is 2.08. The predicted molar refractivity (Wildman–Crippen MR) is 55.9 cm³/mol. The van der Waals surface area contributed by atoms with Gasteiger partial charge in [-0.15, -0.1) is 0 Å².